The zero-order valence-corrected chi connectivity index (χ0v) is 12.5. The first kappa shape index (κ1) is 16.1. The molecule has 118 valence electrons. The van der Waals surface area contributed by atoms with Gasteiger partial charge in [-0.15, -0.1) is 0 Å². The average Bonchev–Trinajstić information content (AvgIpc) is 2.33. The number of hydrogen-bond donors (Lipinski definition) is 1. The summed E-state index contributed by atoms with van der Waals surface area (Å²) in [5.41, 5.74) is 6.27. The van der Waals surface area contributed by atoms with Crippen molar-refractivity contribution >= 4 is 0 Å². The summed E-state index contributed by atoms with van der Waals surface area (Å²) in [5.74, 6) is 0.589. The minimum absolute atomic E-state index is 0.203. The lowest BCUT2D eigenvalue weighted by Gasteiger charge is -2.42. The van der Waals surface area contributed by atoms with Gasteiger partial charge in [0.2, 0.25) is 0 Å². The molecule has 0 amide bonds. The number of nitrogens with two attached hydrogens (primary N) is 1. The largest absolute Gasteiger partial charge is 0.391 e. The van der Waals surface area contributed by atoms with E-state index < -0.39 is 12.1 Å². The van der Waals surface area contributed by atoms with Crippen LogP contribution in [0.5, 0.6) is 0 Å². The van der Waals surface area contributed by atoms with Crippen LogP contribution >= 0.6 is 0 Å². The predicted molar refractivity (Wildman–Crippen MR) is 74.2 cm³/mol. The highest BCUT2D eigenvalue weighted by molar-refractivity contribution is 4.88. The fraction of sp³-hybridized carbons (Fsp3) is 1.00. The quantitative estimate of drug-likeness (QED) is 0.846. The van der Waals surface area contributed by atoms with E-state index in [1.165, 1.54) is 6.42 Å². The van der Waals surface area contributed by atoms with Crippen molar-refractivity contribution in [1.82, 2.24) is 4.90 Å². The van der Waals surface area contributed by atoms with Crippen molar-refractivity contribution < 1.29 is 13.2 Å². The Labute approximate surface area is 119 Å². The maximum Gasteiger partial charge on any atom is 0.391 e. The number of hydrogen-bond acceptors (Lipinski definition) is 2. The number of likely N-dealkylation sites (tertiary alicyclic amines) is 1. The molecule has 1 aliphatic heterocycles. The van der Waals surface area contributed by atoms with E-state index in [4.69, 9.17) is 5.73 Å². The summed E-state index contributed by atoms with van der Waals surface area (Å²) in [6, 6.07) is 0.203. The van der Waals surface area contributed by atoms with Crippen LogP contribution in [0.3, 0.4) is 0 Å². The standard InChI is InChI=1S/C15H27F3N2/c1-10-7-11(2)13(14(19)8-10)9-20-5-3-12(4-6-20)15(16,17)18/h10-14H,3-9,19H2,1-2H3. The van der Waals surface area contributed by atoms with Crippen LogP contribution in [0.15, 0.2) is 0 Å². The molecule has 0 radical (unpaired) electrons. The van der Waals surface area contributed by atoms with Gasteiger partial charge in [0.15, 0.2) is 0 Å². The van der Waals surface area contributed by atoms with E-state index in [2.05, 4.69) is 18.7 Å². The average molecular weight is 292 g/mol. The molecule has 2 N–H and O–H groups in total. The Morgan fingerprint density at radius 2 is 1.70 bits per heavy atom. The number of nitrogens with zero attached hydrogens (tertiary/aromatic N) is 1. The Bertz CT molecular complexity index is 299. The maximum atomic E-state index is 12.7. The summed E-state index contributed by atoms with van der Waals surface area (Å²) in [6.45, 7) is 6.48. The Morgan fingerprint density at radius 3 is 2.20 bits per heavy atom. The van der Waals surface area contributed by atoms with E-state index in [1.807, 2.05) is 0 Å². The zero-order valence-electron chi connectivity index (χ0n) is 12.5. The van der Waals surface area contributed by atoms with Crippen molar-refractivity contribution in [3.05, 3.63) is 0 Å². The van der Waals surface area contributed by atoms with E-state index in [1.54, 1.807) is 0 Å². The van der Waals surface area contributed by atoms with Crippen molar-refractivity contribution in [1.29, 1.82) is 0 Å². The van der Waals surface area contributed by atoms with Crippen molar-refractivity contribution in [3.63, 3.8) is 0 Å². The van der Waals surface area contributed by atoms with E-state index in [-0.39, 0.29) is 18.9 Å². The third-order valence-corrected chi connectivity index (χ3v) is 5.25. The van der Waals surface area contributed by atoms with E-state index in [9.17, 15) is 13.2 Å². The summed E-state index contributed by atoms with van der Waals surface area (Å²) in [5, 5.41) is 0. The number of rotatable bonds is 2. The van der Waals surface area contributed by atoms with Crippen LogP contribution in [0.2, 0.25) is 0 Å². The SMILES string of the molecule is CC1CC(C)C(CN2CCC(C(F)(F)F)CC2)C(N)C1. The Morgan fingerprint density at radius 1 is 1.10 bits per heavy atom. The van der Waals surface area contributed by atoms with Gasteiger partial charge in [0.1, 0.15) is 0 Å². The normalized spacial score (nSPS) is 38.1. The molecule has 0 bridgehead atoms. The summed E-state index contributed by atoms with van der Waals surface area (Å²) < 4.78 is 38.0. The fourth-order valence-corrected chi connectivity index (χ4v) is 4.02. The van der Waals surface area contributed by atoms with Gasteiger partial charge < -0.3 is 10.6 Å². The molecule has 2 nitrogen and oxygen atoms in total. The highest BCUT2D eigenvalue weighted by Gasteiger charge is 2.42. The molecule has 0 aromatic carbocycles. The van der Waals surface area contributed by atoms with Gasteiger partial charge in [-0.2, -0.15) is 13.2 Å². The van der Waals surface area contributed by atoms with Crippen molar-refractivity contribution in [2.75, 3.05) is 19.6 Å². The van der Waals surface area contributed by atoms with Crippen molar-refractivity contribution in [2.45, 2.75) is 51.7 Å². The lowest BCUT2D eigenvalue weighted by Crippen LogP contribution is -2.49. The third kappa shape index (κ3) is 3.88. The van der Waals surface area contributed by atoms with Gasteiger partial charge in [-0.3, -0.25) is 0 Å². The molecule has 1 aliphatic carbocycles. The topological polar surface area (TPSA) is 29.3 Å². The summed E-state index contributed by atoms with van der Waals surface area (Å²) in [6.07, 6.45) is -1.28. The molecule has 20 heavy (non-hydrogen) atoms. The molecule has 4 atom stereocenters. The van der Waals surface area contributed by atoms with Gasteiger partial charge in [-0.1, -0.05) is 13.8 Å². The molecule has 4 unspecified atom stereocenters. The summed E-state index contributed by atoms with van der Waals surface area (Å²) in [4.78, 5) is 2.19. The lowest BCUT2D eigenvalue weighted by molar-refractivity contribution is -0.185. The second-order valence-corrected chi connectivity index (χ2v) is 7.00. The smallest absolute Gasteiger partial charge is 0.327 e. The Hall–Kier alpha value is -0.290. The van der Waals surface area contributed by atoms with Crippen molar-refractivity contribution in [2.24, 2.45) is 29.4 Å². The first-order chi connectivity index (χ1) is 9.27. The lowest BCUT2D eigenvalue weighted by atomic mass is 9.72. The molecular weight excluding hydrogens is 265 g/mol. The number of alkyl halides is 3. The highest BCUT2D eigenvalue weighted by Crippen LogP contribution is 2.36. The minimum Gasteiger partial charge on any atom is -0.327 e. The van der Waals surface area contributed by atoms with Crippen LogP contribution in [-0.2, 0) is 0 Å². The highest BCUT2D eigenvalue weighted by atomic mass is 19.4. The van der Waals surface area contributed by atoms with Crippen LogP contribution in [-0.4, -0.2) is 36.8 Å². The molecule has 0 aromatic rings. The van der Waals surface area contributed by atoms with Gasteiger partial charge in [-0.25, -0.2) is 0 Å². The van der Waals surface area contributed by atoms with E-state index in [0.717, 1.165) is 13.0 Å². The molecule has 0 spiro atoms. The van der Waals surface area contributed by atoms with Gasteiger partial charge >= 0.3 is 6.18 Å². The van der Waals surface area contributed by atoms with Gasteiger partial charge in [0, 0.05) is 12.6 Å². The maximum absolute atomic E-state index is 12.7. The Balaban J connectivity index is 1.83. The van der Waals surface area contributed by atoms with Crippen LogP contribution < -0.4 is 5.73 Å². The first-order valence-electron chi connectivity index (χ1n) is 7.82. The van der Waals surface area contributed by atoms with Gasteiger partial charge in [-0.05, 0) is 56.5 Å². The molecule has 1 saturated heterocycles. The monoisotopic (exact) mass is 292 g/mol. The fourth-order valence-electron chi connectivity index (χ4n) is 4.02. The summed E-state index contributed by atoms with van der Waals surface area (Å²) >= 11 is 0. The molecular formula is C15H27F3N2. The molecule has 5 heteroatoms. The van der Waals surface area contributed by atoms with Crippen molar-refractivity contribution in [3.8, 4) is 0 Å². The third-order valence-electron chi connectivity index (χ3n) is 5.25. The minimum atomic E-state index is -4.02. The summed E-state index contributed by atoms with van der Waals surface area (Å²) in [7, 11) is 0. The number of halogens is 3. The van der Waals surface area contributed by atoms with E-state index in [0.29, 0.717) is 30.8 Å². The van der Waals surface area contributed by atoms with E-state index >= 15 is 0 Å². The van der Waals surface area contributed by atoms with Crippen LogP contribution in [0.1, 0.15) is 39.5 Å². The van der Waals surface area contributed by atoms with Gasteiger partial charge in [0.05, 0.1) is 5.92 Å². The first-order valence-corrected chi connectivity index (χ1v) is 7.82. The predicted octanol–water partition coefficient (Wildman–Crippen LogP) is 3.27. The Kier molecular flexibility index (Phi) is 5.00. The van der Waals surface area contributed by atoms with Crippen LogP contribution in [0.4, 0.5) is 13.2 Å². The zero-order chi connectivity index (χ0) is 14.9. The molecule has 2 aliphatic rings. The van der Waals surface area contributed by atoms with Crippen LogP contribution in [0.25, 0.3) is 0 Å². The molecule has 1 heterocycles. The molecule has 0 aromatic heterocycles. The van der Waals surface area contributed by atoms with Gasteiger partial charge in [0.25, 0.3) is 0 Å². The van der Waals surface area contributed by atoms with Crippen LogP contribution in [0, 0.1) is 23.7 Å². The second-order valence-electron chi connectivity index (χ2n) is 7.00. The molecule has 2 fully saturated rings. The molecule has 1 saturated carbocycles. The number of piperidine rings is 1. The molecule has 2 rings (SSSR count). The second kappa shape index (κ2) is 6.22.